The molecule has 0 aromatic heterocycles. The molecule has 0 N–H and O–H groups in total. The van der Waals surface area contributed by atoms with Gasteiger partial charge in [0, 0.05) is 23.6 Å². The van der Waals surface area contributed by atoms with E-state index in [0.717, 1.165) is 24.1 Å². The van der Waals surface area contributed by atoms with Crippen LogP contribution >= 0.6 is 15.9 Å². The highest BCUT2D eigenvalue weighted by atomic mass is 79.9. The maximum Gasteiger partial charge on any atom is 0.243 e. The van der Waals surface area contributed by atoms with Crippen LogP contribution in [0.3, 0.4) is 0 Å². The van der Waals surface area contributed by atoms with E-state index < -0.39 is 10.0 Å². The fraction of sp³-hybridized carbons (Fsp3) is 0.600. The molecule has 6 heteroatoms. The van der Waals surface area contributed by atoms with E-state index in [4.69, 9.17) is 0 Å². The molecule has 0 atom stereocenters. The molecule has 1 aliphatic heterocycles. The Morgan fingerprint density at radius 2 is 1.76 bits per heavy atom. The summed E-state index contributed by atoms with van der Waals surface area (Å²) < 4.78 is 28.1. The van der Waals surface area contributed by atoms with E-state index >= 15 is 0 Å². The van der Waals surface area contributed by atoms with E-state index in [-0.39, 0.29) is 6.04 Å². The first-order valence-electron chi connectivity index (χ1n) is 7.41. The van der Waals surface area contributed by atoms with Crippen LogP contribution in [-0.2, 0) is 10.0 Å². The highest BCUT2D eigenvalue weighted by molar-refractivity contribution is 9.10. The summed E-state index contributed by atoms with van der Waals surface area (Å²) in [5.41, 5.74) is 0. The SMILES string of the molecule is CC(C)N(CCN1CCCC1)S(=O)(=O)c1ccc(Br)cc1. The molecule has 0 spiro atoms. The second kappa shape index (κ2) is 7.22. The molecule has 0 unspecified atom stereocenters. The summed E-state index contributed by atoms with van der Waals surface area (Å²) in [5, 5.41) is 0. The second-order valence-corrected chi connectivity index (χ2v) is 8.52. The molecular weight excluding hydrogens is 352 g/mol. The number of likely N-dealkylation sites (tertiary alicyclic amines) is 1. The van der Waals surface area contributed by atoms with Gasteiger partial charge in [-0.15, -0.1) is 0 Å². The van der Waals surface area contributed by atoms with Gasteiger partial charge in [0.2, 0.25) is 10.0 Å². The summed E-state index contributed by atoms with van der Waals surface area (Å²) in [6, 6.07) is 6.81. The molecule has 118 valence electrons. The lowest BCUT2D eigenvalue weighted by Gasteiger charge is -2.28. The fourth-order valence-corrected chi connectivity index (χ4v) is 4.54. The average Bonchev–Trinajstić information content (AvgIpc) is 2.92. The molecule has 0 radical (unpaired) electrons. The molecule has 1 saturated heterocycles. The van der Waals surface area contributed by atoms with Crippen LogP contribution in [0.4, 0.5) is 0 Å². The Bertz CT molecular complexity index is 552. The van der Waals surface area contributed by atoms with E-state index in [1.165, 1.54) is 12.8 Å². The van der Waals surface area contributed by atoms with Gasteiger partial charge in [0.05, 0.1) is 4.90 Å². The lowest BCUT2D eigenvalue weighted by molar-refractivity contribution is 0.273. The Balaban J connectivity index is 2.13. The monoisotopic (exact) mass is 374 g/mol. The number of nitrogens with zero attached hydrogens (tertiary/aromatic N) is 2. The maximum absolute atomic E-state index is 12.8. The first kappa shape index (κ1) is 16.9. The molecular formula is C15H23BrN2O2S. The molecule has 1 aromatic rings. The smallest absolute Gasteiger partial charge is 0.243 e. The van der Waals surface area contributed by atoms with E-state index in [1.54, 1.807) is 28.6 Å². The minimum Gasteiger partial charge on any atom is -0.302 e. The second-order valence-electron chi connectivity index (χ2n) is 5.71. The molecule has 21 heavy (non-hydrogen) atoms. The third-order valence-electron chi connectivity index (χ3n) is 3.83. The van der Waals surface area contributed by atoms with Gasteiger partial charge in [-0.2, -0.15) is 4.31 Å². The van der Waals surface area contributed by atoms with E-state index in [1.807, 2.05) is 13.8 Å². The first-order valence-corrected chi connectivity index (χ1v) is 9.64. The van der Waals surface area contributed by atoms with Crippen molar-refractivity contribution in [2.45, 2.75) is 37.6 Å². The summed E-state index contributed by atoms with van der Waals surface area (Å²) in [5.74, 6) is 0. The van der Waals surface area contributed by atoms with Crippen LogP contribution in [0, 0.1) is 0 Å². The Morgan fingerprint density at radius 1 is 1.19 bits per heavy atom. The molecule has 0 amide bonds. The van der Waals surface area contributed by atoms with Crippen molar-refractivity contribution in [2.24, 2.45) is 0 Å². The summed E-state index contributed by atoms with van der Waals surface area (Å²) in [7, 11) is -3.42. The quantitative estimate of drug-likeness (QED) is 0.768. The number of benzene rings is 1. The summed E-state index contributed by atoms with van der Waals surface area (Å²) in [4.78, 5) is 2.70. The van der Waals surface area contributed by atoms with Crippen molar-refractivity contribution >= 4 is 26.0 Å². The fourth-order valence-electron chi connectivity index (χ4n) is 2.64. The lowest BCUT2D eigenvalue weighted by Crippen LogP contribution is -2.41. The van der Waals surface area contributed by atoms with Gasteiger partial charge in [-0.25, -0.2) is 8.42 Å². The lowest BCUT2D eigenvalue weighted by atomic mass is 10.4. The first-order chi connectivity index (χ1) is 9.91. The van der Waals surface area contributed by atoms with Crippen molar-refractivity contribution in [1.82, 2.24) is 9.21 Å². The van der Waals surface area contributed by atoms with E-state index in [2.05, 4.69) is 20.8 Å². The number of hydrogen-bond donors (Lipinski definition) is 0. The van der Waals surface area contributed by atoms with Gasteiger partial charge in [0.1, 0.15) is 0 Å². The Kier molecular flexibility index (Phi) is 5.82. The van der Waals surface area contributed by atoms with Gasteiger partial charge in [-0.1, -0.05) is 15.9 Å². The van der Waals surface area contributed by atoms with Crippen LogP contribution in [0.2, 0.25) is 0 Å². The zero-order chi connectivity index (χ0) is 15.5. The highest BCUT2D eigenvalue weighted by Crippen LogP contribution is 2.21. The topological polar surface area (TPSA) is 40.6 Å². The standard InChI is InChI=1S/C15H23BrN2O2S/c1-13(2)18(12-11-17-9-3-4-10-17)21(19,20)15-7-5-14(16)6-8-15/h5-8,13H,3-4,9-12H2,1-2H3. The van der Waals surface area contributed by atoms with Crippen LogP contribution in [0.25, 0.3) is 0 Å². The molecule has 0 saturated carbocycles. The van der Waals surface area contributed by atoms with Gasteiger partial charge < -0.3 is 4.90 Å². The number of halogens is 1. The summed E-state index contributed by atoms with van der Waals surface area (Å²) >= 11 is 3.34. The van der Waals surface area contributed by atoms with Crippen molar-refractivity contribution in [3.63, 3.8) is 0 Å². The van der Waals surface area contributed by atoms with E-state index in [0.29, 0.717) is 11.4 Å². The van der Waals surface area contributed by atoms with Gasteiger partial charge in [0.25, 0.3) is 0 Å². The number of rotatable bonds is 6. The summed E-state index contributed by atoms with van der Waals surface area (Å²) in [6.07, 6.45) is 2.45. The molecule has 4 nitrogen and oxygen atoms in total. The van der Waals surface area contributed by atoms with Crippen LogP contribution in [0.1, 0.15) is 26.7 Å². The highest BCUT2D eigenvalue weighted by Gasteiger charge is 2.27. The number of hydrogen-bond acceptors (Lipinski definition) is 3. The minimum absolute atomic E-state index is 0.0405. The van der Waals surface area contributed by atoms with Gasteiger partial charge in [0.15, 0.2) is 0 Å². The number of sulfonamides is 1. The third kappa shape index (κ3) is 4.28. The molecule has 0 aliphatic carbocycles. The van der Waals surface area contributed by atoms with Crippen LogP contribution in [0.5, 0.6) is 0 Å². The average molecular weight is 375 g/mol. The molecule has 1 aromatic carbocycles. The van der Waals surface area contributed by atoms with Crippen molar-refractivity contribution in [2.75, 3.05) is 26.2 Å². The Labute approximate surface area is 136 Å². The summed E-state index contributed by atoms with van der Waals surface area (Å²) in [6.45, 7) is 7.40. The van der Waals surface area contributed by atoms with Gasteiger partial charge in [-0.05, 0) is 64.0 Å². The molecule has 1 fully saturated rings. The Morgan fingerprint density at radius 3 is 2.29 bits per heavy atom. The predicted octanol–water partition coefficient (Wildman–Crippen LogP) is 2.94. The van der Waals surface area contributed by atoms with Gasteiger partial charge >= 0.3 is 0 Å². The minimum atomic E-state index is -3.42. The molecule has 2 rings (SSSR count). The van der Waals surface area contributed by atoms with Crippen molar-refractivity contribution in [3.05, 3.63) is 28.7 Å². The Hall–Kier alpha value is -0.430. The van der Waals surface area contributed by atoms with Crippen LogP contribution in [-0.4, -0.2) is 49.8 Å². The van der Waals surface area contributed by atoms with Crippen molar-refractivity contribution in [1.29, 1.82) is 0 Å². The normalized spacial score (nSPS) is 17.0. The molecule has 1 heterocycles. The van der Waals surface area contributed by atoms with Crippen molar-refractivity contribution < 1.29 is 8.42 Å². The predicted molar refractivity (Wildman–Crippen MR) is 88.8 cm³/mol. The maximum atomic E-state index is 12.8. The zero-order valence-electron chi connectivity index (χ0n) is 12.6. The van der Waals surface area contributed by atoms with Crippen LogP contribution in [0.15, 0.2) is 33.6 Å². The molecule has 1 aliphatic rings. The van der Waals surface area contributed by atoms with E-state index in [9.17, 15) is 8.42 Å². The third-order valence-corrected chi connectivity index (χ3v) is 6.45. The largest absolute Gasteiger partial charge is 0.302 e. The van der Waals surface area contributed by atoms with Crippen molar-refractivity contribution in [3.8, 4) is 0 Å². The zero-order valence-corrected chi connectivity index (χ0v) is 15.0. The molecule has 0 bridgehead atoms. The van der Waals surface area contributed by atoms with Crippen LogP contribution < -0.4 is 0 Å². The van der Waals surface area contributed by atoms with Gasteiger partial charge in [-0.3, -0.25) is 0 Å².